The number of nitrogens with one attached hydrogen (secondary N) is 3. The standard InChI is InChI=1S/C19H23FN4O/c1-13-7-8-16(10-18(13)20)12-23-19(21-3)22-11-15-5-4-6-17(9-15)24-14(2)25/h4-10H,11-12H2,1-3H3,(H,24,25)(H2,21,22,23). The van der Waals surface area contributed by atoms with Crippen molar-refractivity contribution in [3.05, 3.63) is 65.0 Å². The molecule has 0 aromatic heterocycles. The summed E-state index contributed by atoms with van der Waals surface area (Å²) in [6, 6.07) is 12.7. The molecule has 0 saturated heterocycles. The van der Waals surface area contributed by atoms with Crippen LogP contribution in [0.25, 0.3) is 0 Å². The molecule has 0 spiro atoms. The van der Waals surface area contributed by atoms with E-state index in [1.165, 1.54) is 13.0 Å². The fourth-order valence-corrected chi connectivity index (χ4v) is 2.30. The molecule has 0 heterocycles. The van der Waals surface area contributed by atoms with Gasteiger partial charge in [0.15, 0.2) is 5.96 Å². The lowest BCUT2D eigenvalue weighted by molar-refractivity contribution is -0.114. The molecular weight excluding hydrogens is 319 g/mol. The zero-order chi connectivity index (χ0) is 18.2. The maximum atomic E-state index is 13.6. The van der Waals surface area contributed by atoms with E-state index in [-0.39, 0.29) is 11.7 Å². The van der Waals surface area contributed by atoms with Crippen LogP contribution in [0, 0.1) is 12.7 Å². The minimum atomic E-state index is -0.211. The van der Waals surface area contributed by atoms with Crippen LogP contribution in [0.15, 0.2) is 47.5 Å². The number of aryl methyl sites for hydroxylation is 1. The van der Waals surface area contributed by atoms with Crippen molar-refractivity contribution < 1.29 is 9.18 Å². The number of halogens is 1. The first-order chi connectivity index (χ1) is 12.0. The predicted molar refractivity (Wildman–Crippen MR) is 98.9 cm³/mol. The fourth-order valence-electron chi connectivity index (χ4n) is 2.30. The van der Waals surface area contributed by atoms with Crippen molar-refractivity contribution in [2.45, 2.75) is 26.9 Å². The molecule has 2 rings (SSSR count). The number of carbonyl (C=O) groups is 1. The molecule has 25 heavy (non-hydrogen) atoms. The topological polar surface area (TPSA) is 65.5 Å². The van der Waals surface area contributed by atoms with Crippen LogP contribution in [0.1, 0.15) is 23.6 Å². The maximum absolute atomic E-state index is 13.6. The van der Waals surface area contributed by atoms with E-state index in [0.717, 1.165) is 16.8 Å². The Morgan fingerprint density at radius 3 is 2.36 bits per heavy atom. The highest BCUT2D eigenvalue weighted by Gasteiger charge is 2.03. The second-order valence-electron chi connectivity index (χ2n) is 5.74. The number of nitrogens with zero attached hydrogens (tertiary/aromatic N) is 1. The second kappa shape index (κ2) is 8.82. The average Bonchev–Trinajstić information content (AvgIpc) is 2.58. The van der Waals surface area contributed by atoms with E-state index in [4.69, 9.17) is 0 Å². The van der Waals surface area contributed by atoms with Crippen LogP contribution >= 0.6 is 0 Å². The number of guanidine groups is 1. The molecule has 132 valence electrons. The van der Waals surface area contributed by atoms with E-state index in [0.29, 0.717) is 24.6 Å². The number of amides is 1. The van der Waals surface area contributed by atoms with Crippen LogP contribution in [0.3, 0.4) is 0 Å². The van der Waals surface area contributed by atoms with Crippen molar-refractivity contribution in [3.63, 3.8) is 0 Å². The van der Waals surface area contributed by atoms with Gasteiger partial charge < -0.3 is 16.0 Å². The maximum Gasteiger partial charge on any atom is 0.221 e. The van der Waals surface area contributed by atoms with Gasteiger partial charge in [-0.3, -0.25) is 9.79 Å². The summed E-state index contributed by atoms with van der Waals surface area (Å²) in [6.07, 6.45) is 0. The van der Waals surface area contributed by atoms with Crippen molar-refractivity contribution >= 4 is 17.6 Å². The van der Waals surface area contributed by atoms with Crippen molar-refractivity contribution in [2.75, 3.05) is 12.4 Å². The number of benzene rings is 2. The molecule has 0 saturated carbocycles. The number of carbonyl (C=O) groups excluding carboxylic acids is 1. The van der Waals surface area contributed by atoms with Gasteiger partial charge in [0, 0.05) is 32.7 Å². The van der Waals surface area contributed by atoms with E-state index < -0.39 is 0 Å². The number of aliphatic imine (C=N–C) groups is 1. The summed E-state index contributed by atoms with van der Waals surface area (Å²) in [7, 11) is 1.68. The van der Waals surface area contributed by atoms with Gasteiger partial charge in [0.25, 0.3) is 0 Å². The molecule has 2 aromatic carbocycles. The van der Waals surface area contributed by atoms with Crippen molar-refractivity contribution in [3.8, 4) is 0 Å². The SMILES string of the molecule is CN=C(NCc1cccc(NC(C)=O)c1)NCc1ccc(C)c(F)c1. The summed E-state index contributed by atoms with van der Waals surface area (Å²) in [4.78, 5) is 15.3. The molecule has 0 atom stereocenters. The normalized spacial score (nSPS) is 11.1. The molecule has 0 aliphatic carbocycles. The Morgan fingerprint density at radius 1 is 1.08 bits per heavy atom. The van der Waals surface area contributed by atoms with E-state index in [2.05, 4.69) is 20.9 Å². The average molecular weight is 342 g/mol. The highest BCUT2D eigenvalue weighted by Crippen LogP contribution is 2.11. The number of hydrogen-bond donors (Lipinski definition) is 3. The summed E-state index contributed by atoms with van der Waals surface area (Å²) < 4.78 is 13.6. The van der Waals surface area contributed by atoms with Gasteiger partial charge in [0.1, 0.15) is 5.82 Å². The van der Waals surface area contributed by atoms with E-state index >= 15 is 0 Å². The number of hydrogen-bond acceptors (Lipinski definition) is 2. The molecule has 0 aliphatic rings. The monoisotopic (exact) mass is 342 g/mol. The second-order valence-corrected chi connectivity index (χ2v) is 5.74. The van der Waals surface area contributed by atoms with Gasteiger partial charge in [0.2, 0.25) is 5.91 Å². The van der Waals surface area contributed by atoms with Crippen LogP contribution in [0.4, 0.5) is 10.1 Å². The zero-order valence-corrected chi connectivity index (χ0v) is 14.7. The molecule has 0 aliphatic heterocycles. The van der Waals surface area contributed by atoms with Crippen molar-refractivity contribution in [1.82, 2.24) is 10.6 Å². The predicted octanol–water partition coefficient (Wildman–Crippen LogP) is 2.96. The summed E-state index contributed by atoms with van der Waals surface area (Å²) in [5.41, 5.74) is 3.24. The quantitative estimate of drug-likeness (QED) is 0.578. The summed E-state index contributed by atoms with van der Waals surface area (Å²) in [5, 5.41) is 9.10. The molecule has 3 N–H and O–H groups in total. The van der Waals surface area contributed by atoms with Crippen LogP contribution in [-0.2, 0) is 17.9 Å². The molecule has 1 amide bonds. The fraction of sp³-hybridized carbons (Fsp3) is 0.263. The van der Waals surface area contributed by atoms with Crippen molar-refractivity contribution in [1.29, 1.82) is 0 Å². The van der Waals surface area contributed by atoms with Gasteiger partial charge in [-0.1, -0.05) is 24.3 Å². The molecule has 6 heteroatoms. The highest BCUT2D eigenvalue weighted by molar-refractivity contribution is 5.88. The lowest BCUT2D eigenvalue weighted by atomic mass is 10.1. The first-order valence-corrected chi connectivity index (χ1v) is 8.04. The third-order valence-corrected chi connectivity index (χ3v) is 3.63. The Kier molecular flexibility index (Phi) is 6.51. The molecule has 0 unspecified atom stereocenters. The molecular formula is C19H23FN4O. The molecule has 2 aromatic rings. The minimum absolute atomic E-state index is 0.104. The summed E-state index contributed by atoms with van der Waals surface area (Å²) in [5.74, 6) is 0.302. The lowest BCUT2D eigenvalue weighted by Crippen LogP contribution is -2.36. The van der Waals surface area contributed by atoms with Crippen LogP contribution in [0.5, 0.6) is 0 Å². The Morgan fingerprint density at radius 2 is 1.76 bits per heavy atom. The zero-order valence-electron chi connectivity index (χ0n) is 14.7. The third kappa shape index (κ3) is 5.91. The van der Waals surface area contributed by atoms with Crippen LogP contribution < -0.4 is 16.0 Å². The smallest absolute Gasteiger partial charge is 0.221 e. The highest BCUT2D eigenvalue weighted by atomic mass is 19.1. The number of anilines is 1. The van der Waals surface area contributed by atoms with Gasteiger partial charge in [-0.2, -0.15) is 0 Å². The lowest BCUT2D eigenvalue weighted by Gasteiger charge is -2.13. The Balaban J connectivity index is 1.90. The molecule has 0 bridgehead atoms. The van der Waals surface area contributed by atoms with Gasteiger partial charge in [-0.15, -0.1) is 0 Å². The summed E-state index contributed by atoms with van der Waals surface area (Å²) >= 11 is 0. The Hall–Kier alpha value is -2.89. The molecule has 5 nitrogen and oxygen atoms in total. The number of rotatable bonds is 5. The van der Waals surface area contributed by atoms with Crippen LogP contribution in [-0.4, -0.2) is 18.9 Å². The van der Waals surface area contributed by atoms with E-state index in [1.54, 1.807) is 20.0 Å². The van der Waals surface area contributed by atoms with E-state index in [9.17, 15) is 9.18 Å². The third-order valence-electron chi connectivity index (χ3n) is 3.63. The van der Waals surface area contributed by atoms with Gasteiger partial charge >= 0.3 is 0 Å². The summed E-state index contributed by atoms with van der Waals surface area (Å²) in [6.45, 7) is 4.24. The first kappa shape index (κ1) is 18.4. The van der Waals surface area contributed by atoms with Gasteiger partial charge in [-0.25, -0.2) is 4.39 Å². The molecule has 0 fully saturated rings. The minimum Gasteiger partial charge on any atom is -0.352 e. The van der Waals surface area contributed by atoms with Gasteiger partial charge in [-0.05, 0) is 41.8 Å². The Bertz CT molecular complexity index is 774. The Labute approximate surface area is 147 Å². The van der Waals surface area contributed by atoms with Crippen molar-refractivity contribution in [2.24, 2.45) is 4.99 Å². The van der Waals surface area contributed by atoms with E-state index in [1.807, 2.05) is 30.3 Å². The van der Waals surface area contributed by atoms with Crippen LogP contribution in [0.2, 0.25) is 0 Å². The first-order valence-electron chi connectivity index (χ1n) is 8.04. The van der Waals surface area contributed by atoms with Gasteiger partial charge in [0.05, 0.1) is 0 Å². The largest absolute Gasteiger partial charge is 0.352 e. The molecule has 0 radical (unpaired) electrons.